The van der Waals surface area contributed by atoms with Gasteiger partial charge in [0.1, 0.15) is 11.4 Å². The van der Waals surface area contributed by atoms with Gasteiger partial charge in [-0.25, -0.2) is 13.1 Å². The Kier molecular flexibility index (Phi) is 8.42. The molecule has 0 spiro atoms. The number of sulfonamides is 1. The molecule has 0 bridgehead atoms. The summed E-state index contributed by atoms with van der Waals surface area (Å²) in [4.78, 5) is 25.0. The Bertz CT molecular complexity index is 1350. The number of amides is 1. The summed E-state index contributed by atoms with van der Waals surface area (Å²) in [6.45, 7) is 8.37. The van der Waals surface area contributed by atoms with Crippen LogP contribution in [0.4, 0.5) is 5.69 Å². The molecule has 1 amide bonds. The van der Waals surface area contributed by atoms with Gasteiger partial charge < -0.3 is 10.1 Å². The van der Waals surface area contributed by atoms with Crippen LogP contribution in [0, 0.1) is 6.92 Å². The third-order valence-corrected chi connectivity index (χ3v) is 7.37. The van der Waals surface area contributed by atoms with Crippen LogP contribution in [0.2, 0.25) is 0 Å². The Balaban J connectivity index is 2.02. The molecule has 0 aliphatic rings. The molecule has 0 atom stereocenters. The minimum atomic E-state index is -3.77. The van der Waals surface area contributed by atoms with Crippen LogP contribution in [0.3, 0.4) is 0 Å². The summed E-state index contributed by atoms with van der Waals surface area (Å²) in [5.74, 6) is 0.198. The molecule has 0 aliphatic carbocycles. The molecule has 0 unspecified atom stereocenters. The summed E-state index contributed by atoms with van der Waals surface area (Å²) < 4.78 is 34.7. The molecule has 0 saturated carbocycles. The van der Waals surface area contributed by atoms with E-state index >= 15 is 0 Å². The van der Waals surface area contributed by atoms with Crippen LogP contribution in [0.5, 0.6) is 11.5 Å². The summed E-state index contributed by atoms with van der Waals surface area (Å²) in [5, 5.41) is 6.84. The summed E-state index contributed by atoms with van der Waals surface area (Å²) in [6.07, 6.45) is 0.678. The molecule has 3 aromatic rings. The molecular formula is C25H30N4O5S. The van der Waals surface area contributed by atoms with E-state index in [1.807, 2.05) is 26.0 Å². The lowest BCUT2D eigenvalue weighted by Crippen LogP contribution is -2.30. The fourth-order valence-corrected chi connectivity index (χ4v) is 4.92. The molecule has 0 radical (unpaired) electrons. The van der Waals surface area contributed by atoms with Gasteiger partial charge in [-0.1, -0.05) is 38.5 Å². The van der Waals surface area contributed by atoms with E-state index in [9.17, 15) is 18.0 Å². The maximum Gasteiger partial charge on any atom is 0.276 e. The highest BCUT2D eigenvalue weighted by Gasteiger charge is 2.24. The first-order chi connectivity index (χ1) is 16.7. The molecule has 9 nitrogen and oxygen atoms in total. The van der Waals surface area contributed by atoms with E-state index in [2.05, 4.69) is 10.4 Å². The molecule has 3 rings (SSSR count). The number of carbonyl (C=O) groups excluding carboxylic acids is 1. The van der Waals surface area contributed by atoms with E-state index in [0.29, 0.717) is 31.8 Å². The average molecular weight is 499 g/mol. The Morgan fingerprint density at radius 3 is 2.34 bits per heavy atom. The van der Waals surface area contributed by atoms with E-state index in [-0.39, 0.29) is 27.6 Å². The minimum absolute atomic E-state index is 0.0244. The highest BCUT2D eigenvalue weighted by Crippen LogP contribution is 2.33. The van der Waals surface area contributed by atoms with Gasteiger partial charge in [-0.3, -0.25) is 9.59 Å². The third-order valence-electron chi connectivity index (χ3n) is 5.33. The van der Waals surface area contributed by atoms with Gasteiger partial charge in [0.25, 0.3) is 11.5 Å². The van der Waals surface area contributed by atoms with Gasteiger partial charge in [0.05, 0.1) is 10.6 Å². The predicted octanol–water partition coefficient (Wildman–Crippen LogP) is 4.04. The van der Waals surface area contributed by atoms with Gasteiger partial charge in [0, 0.05) is 25.7 Å². The average Bonchev–Trinajstić information content (AvgIpc) is 2.83. The Labute approximate surface area is 205 Å². The van der Waals surface area contributed by atoms with Gasteiger partial charge >= 0.3 is 0 Å². The van der Waals surface area contributed by atoms with E-state index in [0.717, 1.165) is 5.56 Å². The number of nitrogens with one attached hydrogen (secondary N) is 1. The molecular weight excluding hydrogens is 468 g/mol. The lowest BCUT2D eigenvalue weighted by molar-refractivity contribution is 0.101. The van der Waals surface area contributed by atoms with Crippen LogP contribution >= 0.6 is 0 Å². The van der Waals surface area contributed by atoms with Crippen LogP contribution in [-0.4, -0.2) is 41.5 Å². The topological polar surface area (TPSA) is 111 Å². The van der Waals surface area contributed by atoms with E-state index < -0.39 is 15.9 Å². The SMILES string of the molecule is CCCn1nc(C(=O)Nc2cc(S(=O)(=O)N(CC)CC)ccc2Oc2ccc(C)cc2)ccc1=O. The normalized spacial score (nSPS) is 11.5. The molecule has 186 valence electrons. The number of benzene rings is 2. The summed E-state index contributed by atoms with van der Waals surface area (Å²) >= 11 is 0. The molecule has 0 aliphatic heterocycles. The molecule has 10 heteroatoms. The van der Waals surface area contributed by atoms with Gasteiger partial charge in [-0.2, -0.15) is 9.40 Å². The Morgan fingerprint density at radius 2 is 1.71 bits per heavy atom. The van der Waals surface area contributed by atoms with Crippen LogP contribution in [0.1, 0.15) is 43.2 Å². The maximum absolute atomic E-state index is 13.1. The molecule has 35 heavy (non-hydrogen) atoms. The van der Waals surface area contributed by atoms with Crippen molar-refractivity contribution < 1.29 is 17.9 Å². The second-order valence-corrected chi connectivity index (χ2v) is 9.83. The first-order valence-electron chi connectivity index (χ1n) is 11.5. The number of aromatic nitrogens is 2. The Morgan fingerprint density at radius 1 is 1.03 bits per heavy atom. The van der Waals surface area contributed by atoms with Crippen LogP contribution < -0.4 is 15.6 Å². The summed E-state index contributed by atoms with van der Waals surface area (Å²) in [6, 6.07) is 14.3. The van der Waals surface area contributed by atoms with Crippen molar-refractivity contribution in [1.29, 1.82) is 0 Å². The number of carbonyl (C=O) groups is 1. The standard InChI is InChI=1S/C25H30N4O5S/c1-5-16-29-24(30)15-13-21(27-29)25(31)26-22-17-20(35(32,33)28(6-2)7-3)12-14-23(22)34-19-10-8-18(4)9-11-19/h8-15,17H,5-7,16H2,1-4H3,(H,26,31). The quantitative estimate of drug-likeness (QED) is 0.452. The number of nitrogens with zero attached hydrogens (tertiary/aromatic N) is 3. The predicted molar refractivity (Wildman–Crippen MR) is 135 cm³/mol. The number of aryl methyl sites for hydroxylation is 2. The first-order valence-corrected chi connectivity index (χ1v) is 12.9. The summed E-state index contributed by atoms with van der Waals surface area (Å²) in [7, 11) is -3.77. The number of anilines is 1. The molecule has 0 fully saturated rings. The van der Waals surface area contributed by atoms with Crippen molar-refractivity contribution in [3.63, 3.8) is 0 Å². The van der Waals surface area contributed by atoms with Gasteiger partial charge in [-0.15, -0.1) is 0 Å². The maximum atomic E-state index is 13.1. The van der Waals surface area contributed by atoms with E-state index in [1.165, 1.54) is 39.3 Å². The second-order valence-electron chi connectivity index (χ2n) is 7.90. The van der Waals surface area contributed by atoms with Gasteiger partial charge in [0.15, 0.2) is 5.75 Å². The highest BCUT2D eigenvalue weighted by atomic mass is 32.2. The first kappa shape index (κ1) is 26.1. The number of ether oxygens (including phenoxy) is 1. The van der Waals surface area contributed by atoms with Crippen molar-refractivity contribution in [2.24, 2.45) is 0 Å². The van der Waals surface area contributed by atoms with Gasteiger partial charge in [0.2, 0.25) is 10.0 Å². The summed E-state index contributed by atoms with van der Waals surface area (Å²) in [5.41, 5.74) is 0.939. The second kappa shape index (κ2) is 11.3. The van der Waals surface area contributed by atoms with E-state index in [1.54, 1.807) is 26.0 Å². The van der Waals surface area contributed by atoms with Crippen LogP contribution in [0.25, 0.3) is 0 Å². The molecule has 1 heterocycles. The van der Waals surface area contributed by atoms with Crippen molar-refractivity contribution in [1.82, 2.24) is 14.1 Å². The lowest BCUT2D eigenvalue weighted by Gasteiger charge is -2.20. The molecule has 1 N–H and O–H groups in total. The molecule has 2 aromatic carbocycles. The van der Waals surface area contributed by atoms with Crippen molar-refractivity contribution >= 4 is 21.6 Å². The van der Waals surface area contributed by atoms with Crippen LogP contribution in [-0.2, 0) is 16.6 Å². The van der Waals surface area contributed by atoms with Crippen molar-refractivity contribution in [3.8, 4) is 11.5 Å². The third kappa shape index (κ3) is 6.14. The number of rotatable bonds is 10. The monoisotopic (exact) mass is 498 g/mol. The van der Waals surface area contributed by atoms with Crippen molar-refractivity contribution in [2.45, 2.75) is 45.6 Å². The largest absolute Gasteiger partial charge is 0.455 e. The van der Waals surface area contributed by atoms with Crippen molar-refractivity contribution in [2.75, 3.05) is 18.4 Å². The van der Waals surface area contributed by atoms with E-state index in [4.69, 9.17) is 4.74 Å². The zero-order valence-electron chi connectivity index (χ0n) is 20.3. The highest BCUT2D eigenvalue weighted by molar-refractivity contribution is 7.89. The van der Waals surface area contributed by atoms with Gasteiger partial charge in [-0.05, 0) is 49.7 Å². The van der Waals surface area contributed by atoms with Crippen molar-refractivity contribution in [3.05, 3.63) is 76.2 Å². The zero-order chi connectivity index (χ0) is 25.6. The fraction of sp³-hybridized carbons (Fsp3) is 0.320. The Hall–Kier alpha value is -3.50. The molecule has 1 aromatic heterocycles. The molecule has 0 saturated heterocycles. The smallest absolute Gasteiger partial charge is 0.276 e. The fourth-order valence-electron chi connectivity index (χ4n) is 3.43. The minimum Gasteiger partial charge on any atom is -0.455 e. The van der Waals surface area contributed by atoms with Crippen LogP contribution in [0.15, 0.2) is 64.3 Å². The zero-order valence-corrected chi connectivity index (χ0v) is 21.1. The number of hydrogen-bond donors (Lipinski definition) is 1. The lowest BCUT2D eigenvalue weighted by atomic mass is 10.2. The number of hydrogen-bond acceptors (Lipinski definition) is 6.